The molecule has 0 aromatic rings. The SMILES string of the molecule is CC(C)NC(=O)N1CC[C@H]2C[C@@H]1C(=O)N(CC1CCCC1)C2. The summed E-state index contributed by atoms with van der Waals surface area (Å²) in [4.78, 5) is 29.0. The van der Waals surface area contributed by atoms with E-state index in [9.17, 15) is 9.59 Å². The lowest BCUT2D eigenvalue weighted by Gasteiger charge is -2.47. The van der Waals surface area contributed by atoms with Crippen molar-refractivity contribution in [3.63, 3.8) is 0 Å². The minimum Gasteiger partial charge on any atom is -0.340 e. The third-order valence-electron chi connectivity index (χ3n) is 5.41. The molecule has 2 atom stereocenters. The van der Waals surface area contributed by atoms with E-state index in [-0.39, 0.29) is 24.0 Å². The first-order valence-corrected chi connectivity index (χ1v) is 8.90. The lowest BCUT2D eigenvalue weighted by atomic mass is 9.85. The summed E-state index contributed by atoms with van der Waals surface area (Å²) in [6.45, 7) is 6.45. The number of hydrogen-bond donors (Lipinski definition) is 1. The molecule has 3 amide bonds. The van der Waals surface area contributed by atoms with Gasteiger partial charge in [-0.1, -0.05) is 12.8 Å². The molecule has 5 nitrogen and oxygen atoms in total. The lowest BCUT2D eigenvalue weighted by Crippen LogP contribution is -2.62. The first-order valence-electron chi connectivity index (χ1n) is 8.90. The summed E-state index contributed by atoms with van der Waals surface area (Å²) < 4.78 is 0. The summed E-state index contributed by atoms with van der Waals surface area (Å²) in [6, 6.07) is -0.194. The Morgan fingerprint density at radius 1 is 1.27 bits per heavy atom. The Morgan fingerprint density at radius 3 is 2.68 bits per heavy atom. The number of hydrogen-bond acceptors (Lipinski definition) is 2. The normalized spacial score (nSPS) is 29.3. The number of urea groups is 1. The van der Waals surface area contributed by atoms with Crippen LogP contribution in [0.2, 0.25) is 0 Å². The van der Waals surface area contributed by atoms with E-state index in [2.05, 4.69) is 10.2 Å². The van der Waals surface area contributed by atoms with Gasteiger partial charge in [0.25, 0.3) is 0 Å². The van der Waals surface area contributed by atoms with Crippen LogP contribution in [0.1, 0.15) is 52.4 Å². The average molecular weight is 307 g/mol. The Morgan fingerprint density at radius 2 is 2.00 bits per heavy atom. The third-order valence-corrected chi connectivity index (χ3v) is 5.41. The average Bonchev–Trinajstić information content (AvgIpc) is 2.96. The van der Waals surface area contributed by atoms with Crippen molar-refractivity contribution >= 4 is 11.9 Å². The Bertz CT molecular complexity index is 432. The Labute approximate surface area is 133 Å². The number of nitrogens with zero attached hydrogens (tertiary/aromatic N) is 2. The van der Waals surface area contributed by atoms with E-state index in [1.54, 1.807) is 4.90 Å². The van der Waals surface area contributed by atoms with Crippen LogP contribution in [0, 0.1) is 11.8 Å². The van der Waals surface area contributed by atoms with Gasteiger partial charge in [-0.05, 0) is 51.4 Å². The lowest BCUT2D eigenvalue weighted by molar-refractivity contribution is -0.144. The van der Waals surface area contributed by atoms with Gasteiger partial charge in [0.1, 0.15) is 6.04 Å². The fourth-order valence-electron chi connectivity index (χ4n) is 4.29. The van der Waals surface area contributed by atoms with Crippen LogP contribution in [0.15, 0.2) is 0 Å². The molecule has 0 spiro atoms. The zero-order chi connectivity index (χ0) is 15.7. The van der Waals surface area contributed by atoms with Crippen molar-refractivity contribution in [2.75, 3.05) is 19.6 Å². The number of piperidine rings is 2. The van der Waals surface area contributed by atoms with Gasteiger partial charge in [0, 0.05) is 25.7 Å². The van der Waals surface area contributed by atoms with Gasteiger partial charge in [0.15, 0.2) is 0 Å². The molecule has 1 aliphatic carbocycles. The highest BCUT2D eigenvalue weighted by Crippen LogP contribution is 2.32. The van der Waals surface area contributed by atoms with Gasteiger partial charge in [0.2, 0.25) is 5.91 Å². The molecule has 5 heteroatoms. The van der Waals surface area contributed by atoms with Crippen LogP contribution in [0.5, 0.6) is 0 Å². The van der Waals surface area contributed by atoms with Crippen LogP contribution in [-0.4, -0.2) is 53.5 Å². The van der Waals surface area contributed by atoms with Crippen LogP contribution in [0.4, 0.5) is 4.79 Å². The molecule has 3 fully saturated rings. The van der Waals surface area contributed by atoms with E-state index < -0.39 is 0 Å². The van der Waals surface area contributed by atoms with Crippen LogP contribution in [0.3, 0.4) is 0 Å². The van der Waals surface area contributed by atoms with E-state index in [0.717, 1.165) is 32.5 Å². The molecule has 1 saturated carbocycles. The molecule has 0 aromatic carbocycles. The summed E-state index contributed by atoms with van der Waals surface area (Å²) >= 11 is 0. The van der Waals surface area contributed by atoms with E-state index in [4.69, 9.17) is 0 Å². The second-order valence-corrected chi connectivity index (χ2v) is 7.60. The summed E-state index contributed by atoms with van der Waals surface area (Å²) in [5.41, 5.74) is 0. The number of rotatable bonds is 3. The molecule has 1 N–H and O–H groups in total. The second-order valence-electron chi connectivity index (χ2n) is 7.60. The van der Waals surface area contributed by atoms with E-state index in [1.165, 1.54) is 25.7 Å². The van der Waals surface area contributed by atoms with Gasteiger partial charge in [0.05, 0.1) is 0 Å². The zero-order valence-electron chi connectivity index (χ0n) is 13.9. The van der Waals surface area contributed by atoms with Crippen LogP contribution < -0.4 is 5.32 Å². The summed E-state index contributed by atoms with van der Waals surface area (Å²) in [6.07, 6.45) is 7.01. The number of likely N-dealkylation sites (tertiary alicyclic amines) is 2. The Kier molecular flexibility index (Phi) is 4.59. The maximum atomic E-state index is 12.8. The summed E-state index contributed by atoms with van der Waals surface area (Å²) in [7, 11) is 0. The van der Waals surface area contributed by atoms with Gasteiger partial charge in [-0.3, -0.25) is 4.79 Å². The van der Waals surface area contributed by atoms with Crippen LogP contribution in [-0.2, 0) is 4.79 Å². The Hall–Kier alpha value is -1.26. The molecule has 2 bridgehead atoms. The van der Waals surface area contributed by atoms with Gasteiger partial charge >= 0.3 is 6.03 Å². The standard InChI is InChI=1S/C17H29N3O2/c1-12(2)18-17(22)20-8-7-14-9-15(20)16(21)19(11-14)10-13-5-3-4-6-13/h12-15H,3-11H2,1-2H3,(H,18,22)/t14-,15+/m0/s1. The number of nitrogens with one attached hydrogen (secondary N) is 1. The third kappa shape index (κ3) is 3.23. The van der Waals surface area contributed by atoms with E-state index in [0.29, 0.717) is 11.8 Å². The number of amides is 3. The molecule has 2 aliphatic heterocycles. The minimum atomic E-state index is -0.229. The fourth-order valence-corrected chi connectivity index (χ4v) is 4.29. The molecular formula is C17H29N3O2. The maximum absolute atomic E-state index is 12.8. The molecule has 0 radical (unpaired) electrons. The molecular weight excluding hydrogens is 278 g/mol. The molecule has 2 saturated heterocycles. The topological polar surface area (TPSA) is 52.7 Å². The highest BCUT2D eigenvalue weighted by Gasteiger charge is 2.43. The largest absolute Gasteiger partial charge is 0.340 e. The second kappa shape index (κ2) is 6.47. The fraction of sp³-hybridized carbons (Fsp3) is 0.882. The summed E-state index contributed by atoms with van der Waals surface area (Å²) in [5, 5.41) is 2.94. The number of carbonyl (C=O) groups excluding carboxylic acids is 2. The first-order chi connectivity index (χ1) is 10.5. The van der Waals surface area contributed by atoms with Crippen molar-refractivity contribution in [3.05, 3.63) is 0 Å². The molecule has 2 heterocycles. The first kappa shape index (κ1) is 15.6. The minimum absolute atomic E-state index is 0.0745. The number of carbonyl (C=O) groups is 2. The van der Waals surface area contributed by atoms with Crippen molar-refractivity contribution in [2.24, 2.45) is 11.8 Å². The zero-order valence-corrected chi connectivity index (χ0v) is 13.9. The maximum Gasteiger partial charge on any atom is 0.318 e. The van der Waals surface area contributed by atoms with Crippen LogP contribution in [0.25, 0.3) is 0 Å². The van der Waals surface area contributed by atoms with Crippen molar-refractivity contribution in [1.82, 2.24) is 15.1 Å². The molecule has 22 heavy (non-hydrogen) atoms. The monoisotopic (exact) mass is 307 g/mol. The van der Waals surface area contributed by atoms with Crippen LogP contribution >= 0.6 is 0 Å². The van der Waals surface area contributed by atoms with E-state index >= 15 is 0 Å². The van der Waals surface area contributed by atoms with Crippen molar-refractivity contribution in [2.45, 2.75) is 64.5 Å². The molecule has 3 rings (SSSR count). The number of fused-ring (bicyclic) bond motifs is 2. The van der Waals surface area contributed by atoms with Crippen molar-refractivity contribution in [1.29, 1.82) is 0 Å². The molecule has 3 aliphatic rings. The highest BCUT2D eigenvalue weighted by molar-refractivity contribution is 5.88. The quantitative estimate of drug-likeness (QED) is 0.869. The predicted octanol–water partition coefficient (Wildman–Crippen LogP) is 2.22. The molecule has 0 unspecified atom stereocenters. The Balaban J connectivity index is 1.66. The van der Waals surface area contributed by atoms with Gasteiger partial charge < -0.3 is 15.1 Å². The predicted molar refractivity (Wildman–Crippen MR) is 85.4 cm³/mol. The highest BCUT2D eigenvalue weighted by atomic mass is 16.2. The van der Waals surface area contributed by atoms with Crippen molar-refractivity contribution < 1.29 is 9.59 Å². The molecule has 124 valence electrons. The summed E-state index contributed by atoms with van der Waals surface area (Å²) in [5.74, 6) is 1.44. The van der Waals surface area contributed by atoms with E-state index in [1.807, 2.05) is 13.8 Å². The molecule has 0 aromatic heterocycles. The van der Waals surface area contributed by atoms with Gasteiger partial charge in [-0.2, -0.15) is 0 Å². The smallest absolute Gasteiger partial charge is 0.318 e. The van der Waals surface area contributed by atoms with Gasteiger partial charge in [-0.15, -0.1) is 0 Å². The van der Waals surface area contributed by atoms with Crippen molar-refractivity contribution in [3.8, 4) is 0 Å². The van der Waals surface area contributed by atoms with Gasteiger partial charge in [-0.25, -0.2) is 4.79 Å².